The van der Waals surface area contributed by atoms with E-state index in [1.807, 2.05) is 6.92 Å². The van der Waals surface area contributed by atoms with Gasteiger partial charge in [-0.3, -0.25) is 19.1 Å². The van der Waals surface area contributed by atoms with Crippen LogP contribution >= 0.6 is 7.44 Å². The molecule has 244 valence electrons. The molecule has 0 saturated carbocycles. The van der Waals surface area contributed by atoms with Gasteiger partial charge in [0.2, 0.25) is 7.44 Å². The first-order chi connectivity index (χ1) is 20.4. The largest absolute Gasteiger partial charge is 0.465 e. The molecule has 1 saturated heterocycles. The molecular weight excluding hydrogens is 573 g/mol. The average molecular weight is 626 g/mol. The van der Waals surface area contributed by atoms with Gasteiger partial charge < -0.3 is 24.5 Å². The van der Waals surface area contributed by atoms with Gasteiger partial charge in [0.15, 0.2) is 5.82 Å². The van der Waals surface area contributed by atoms with Gasteiger partial charge in [0.05, 0.1) is 32.2 Å². The molecule has 1 fully saturated rings. The van der Waals surface area contributed by atoms with Crippen molar-refractivity contribution in [1.82, 2.24) is 19.3 Å². The molecule has 0 bridgehead atoms. The van der Waals surface area contributed by atoms with Gasteiger partial charge >= 0.3 is 11.9 Å². The van der Waals surface area contributed by atoms with E-state index in [1.165, 1.54) is 0 Å². The first-order valence-electron chi connectivity index (χ1n) is 15.3. The first-order valence-corrected chi connectivity index (χ1v) is 17.1. The van der Waals surface area contributed by atoms with E-state index >= 15 is 0 Å². The summed E-state index contributed by atoms with van der Waals surface area (Å²) in [5.41, 5.74) is 5.05. The number of nitrogens with two attached hydrogens (primary N) is 1. The third-order valence-corrected chi connectivity index (χ3v) is 10.00. The first kappa shape index (κ1) is 36.6. The second kappa shape index (κ2) is 17.6. The molecule has 1 unspecified atom stereocenters. The number of carbonyl (C=O) groups is 2. The third-order valence-electron chi connectivity index (χ3n) is 7.28. The molecule has 1 aromatic heterocycles. The molecule has 1 aliphatic rings. The highest BCUT2D eigenvalue weighted by Crippen LogP contribution is 2.52. The van der Waals surface area contributed by atoms with Gasteiger partial charge in [-0.1, -0.05) is 39.5 Å². The number of esters is 2. The Hall–Kier alpha value is -2.60. The number of amidine groups is 1. The predicted molar refractivity (Wildman–Crippen MR) is 169 cm³/mol. The highest BCUT2D eigenvalue weighted by Gasteiger charge is 2.47. The lowest BCUT2D eigenvalue weighted by atomic mass is 10.1. The maximum Gasteiger partial charge on any atom is 0.326 e. The van der Waals surface area contributed by atoms with Crippen LogP contribution in [-0.2, 0) is 34.9 Å². The quantitative estimate of drug-likeness (QED) is 0.0698. The Balaban J connectivity index is 2.25. The molecule has 3 N–H and O–H groups in total. The van der Waals surface area contributed by atoms with E-state index in [0.717, 1.165) is 38.5 Å². The average Bonchev–Trinajstić information content (AvgIpc) is 3.63. The van der Waals surface area contributed by atoms with Crippen LogP contribution in [0.1, 0.15) is 91.7 Å². The SMILES string of the molecule is C=Nc1c(/C(N)=N\C)ncn1C[C@@H](C)OCP(=O)(NC(C)(C)C(=O)OCCCCC)N1CCC[C@@H]1C(=O)OCCCCC. The van der Waals surface area contributed by atoms with Crippen molar-refractivity contribution in [2.45, 2.75) is 110 Å². The number of nitrogens with zero attached hydrogens (tertiary/aromatic N) is 5. The summed E-state index contributed by atoms with van der Waals surface area (Å²) in [5.74, 6) is -0.254. The van der Waals surface area contributed by atoms with Crippen LogP contribution < -0.4 is 10.8 Å². The standard InChI is InChI=1S/C29H52N7O6P/c1-8-10-12-17-40-27(37)23-15-14-16-36(23)43(39,34-29(4,5)28(38)41-18-13-11-9-2)21-42-22(3)19-35-20-33-24(25(30)31-6)26(35)32-7/h20,22-23H,7-19,21H2,1-6H3,(H2,30,31)(H,34,39)/t22-,23-,43?/m1/s1. The van der Waals surface area contributed by atoms with Crippen LogP contribution in [0, 0.1) is 0 Å². The van der Waals surface area contributed by atoms with Crippen LogP contribution in [0.15, 0.2) is 16.3 Å². The van der Waals surface area contributed by atoms with Crippen molar-refractivity contribution in [3.63, 3.8) is 0 Å². The molecule has 0 radical (unpaired) electrons. The molecule has 1 aromatic rings. The van der Waals surface area contributed by atoms with Crippen molar-refractivity contribution < 1.29 is 28.4 Å². The Morgan fingerprint density at radius 2 is 1.86 bits per heavy atom. The summed E-state index contributed by atoms with van der Waals surface area (Å²) in [6.07, 6.45) is 7.46. The van der Waals surface area contributed by atoms with Crippen LogP contribution in [0.4, 0.5) is 5.82 Å². The number of rotatable bonds is 20. The van der Waals surface area contributed by atoms with Crippen LogP contribution in [0.25, 0.3) is 0 Å². The molecular formula is C29H52N7O6P. The highest BCUT2D eigenvalue weighted by molar-refractivity contribution is 7.59. The van der Waals surface area contributed by atoms with Crippen molar-refractivity contribution in [2.75, 3.05) is 33.2 Å². The highest BCUT2D eigenvalue weighted by atomic mass is 31.2. The van der Waals surface area contributed by atoms with E-state index in [1.54, 1.807) is 36.5 Å². The zero-order valence-electron chi connectivity index (χ0n) is 26.8. The Bertz CT molecular complexity index is 1140. The minimum atomic E-state index is -3.68. The predicted octanol–water partition coefficient (Wildman–Crippen LogP) is 4.41. The fraction of sp³-hybridized carbons (Fsp3) is 0.759. The second-order valence-corrected chi connectivity index (χ2v) is 13.8. The summed E-state index contributed by atoms with van der Waals surface area (Å²) >= 11 is 0. The minimum absolute atomic E-state index is 0.230. The number of unbranched alkanes of at least 4 members (excludes halogenated alkanes) is 4. The van der Waals surface area contributed by atoms with Gasteiger partial charge in [-0.05, 0) is 53.2 Å². The van der Waals surface area contributed by atoms with Gasteiger partial charge in [-0.25, -0.2) is 19.7 Å². The van der Waals surface area contributed by atoms with Crippen molar-refractivity contribution in [2.24, 2.45) is 15.7 Å². The number of imidazole rings is 1. The van der Waals surface area contributed by atoms with Crippen molar-refractivity contribution in [3.8, 4) is 0 Å². The molecule has 3 atom stereocenters. The van der Waals surface area contributed by atoms with E-state index in [2.05, 4.69) is 40.6 Å². The van der Waals surface area contributed by atoms with E-state index in [4.69, 9.17) is 19.9 Å². The number of aromatic nitrogens is 2. The van der Waals surface area contributed by atoms with Crippen molar-refractivity contribution in [3.05, 3.63) is 12.0 Å². The van der Waals surface area contributed by atoms with Crippen molar-refractivity contribution in [1.29, 1.82) is 0 Å². The summed E-state index contributed by atoms with van der Waals surface area (Å²) in [6, 6.07) is -0.709. The van der Waals surface area contributed by atoms with Gasteiger partial charge in [-0.15, -0.1) is 0 Å². The topological polar surface area (TPSA) is 163 Å². The molecule has 13 nitrogen and oxygen atoms in total. The molecule has 1 aliphatic heterocycles. The third kappa shape index (κ3) is 10.5. The molecule has 43 heavy (non-hydrogen) atoms. The minimum Gasteiger partial charge on any atom is -0.465 e. The molecule has 2 rings (SSSR count). The van der Waals surface area contributed by atoms with Crippen LogP contribution in [0.5, 0.6) is 0 Å². The Morgan fingerprint density at radius 3 is 2.47 bits per heavy atom. The lowest BCUT2D eigenvalue weighted by Crippen LogP contribution is -2.51. The Morgan fingerprint density at radius 1 is 1.21 bits per heavy atom. The lowest BCUT2D eigenvalue weighted by Gasteiger charge is -2.37. The fourth-order valence-electron chi connectivity index (χ4n) is 4.87. The fourth-order valence-corrected chi connectivity index (χ4v) is 7.76. The zero-order valence-corrected chi connectivity index (χ0v) is 27.7. The molecule has 0 spiro atoms. The van der Waals surface area contributed by atoms with E-state index in [-0.39, 0.29) is 18.8 Å². The second-order valence-electron chi connectivity index (χ2n) is 11.4. The van der Waals surface area contributed by atoms with Gasteiger partial charge in [0, 0.05) is 13.6 Å². The number of hydrogen-bond acceptors (Lipinski definition) is 9. The molecule has 14 heteroatoms. The summed E-state index contributed by atoms with van der Waals surface area (Å²) < 4.78 is 35.4. The van der Waals surface area contributed by atoms with E-state index in [9.17, 15) is 14.2 Å². The van der Waals surface area contributed by atoms with E-state index < -0.39 is 37.1 Å². The number of hydrogen-bond donors (Lipinski definition) is 2. The van der Waals surface area contributed by atoms with Gasteiger partial charge in [0.25, 0.3) is 0 Å². The molecule has 2 heterocycles. The number of aliphatic imine (C=N–C) groups is 2. The van der Waals surface area contributed by atoms with Crippen molar-refractivity contribution >= 4 is 37.8 Å². The monoisotopic (exact) mass is 625 g/mol. The Labute approximate surface area is 256 Å². The number of nitrogens with one attached hydrogen (secondary N) is 1. The summed E-state index contributed by atoms with van der Waals surface area (Å²) in [4.78, 5) is 38.5. The summed E-state index contributed by atoms with van der Waals surface area (Å²) in [5, 5.41) is 3.08. The van der Waals surface area contributed by atoms with E-state index in [0.29, 0.717) is 44.0 Å². The van der Waals surface area contributed by atoms with Gasteiger partial charge in [0.1, 0.15) is 29.5 Å². The van der Waals surface area contributed by atoms with Gasteiger partial charge in [-0.2, -0.15) is 0 Å². The summed E-state index contributed by atoms with van der Waals surface area (Å²) in [7, 11) is -2.11. The number of carbonyl (C=O) groups excluding carboxylic acids is 2. The van der Waals surface area contributed by atoms with Crippen LogP contribution in [0.2, 0.25) is 0 Å². The zero-order chi connectivity index (χ0) is 32.0. The molecule has 0 aromatic carbocycles. The van der Waals surface area contributed by atoms with Crippen LogP contribution in [0.3, 0.4) is 0 Å². The smallest absolute Gasteiger partial charge is 0.326 e. The summed E-state index contributed by atoms with van der Waals surface area (Å²) in [6.45, 7) is 14.2. The Kier molecular flexibility index (Phi) is 15.0. The lowest BCUT2D eigenvalue weighted by molar-refractivity contribution is -0.149. The number of ether oxygens (including phenoxy) is 3. The van der Waals surface area contributed by atoms with Crippen LogP contribution in [-0.4, -0.2) is 89.6 Å². The maximum atomic E-state index is 14.8. The molecule has 0 aliphatic carbocycles. The maximum absolute atomic E-state index is 14.8. The molecule has 0 amide bonds. The normalized spacial score (nSPS) is 18.3.